The van der Waals surface area contributed by atoms with E-state index in [-0.39, 0.29) is 11.7 Å². The van der Waals surface area contributed by atoms with Gasteiger partial charge < -0.3 is 14.4 Å². The lowest BCUT2D eigenvalue weighted by atomic mass is 9.91. The number of carbonyl (C=O) groups excluding carboxylic acids is 1. The second-order valence-corrected chi connectivity index (χ2v) is 5.08. The first-order valence-corrected chi connectivity index (χ1v) is 5.35. The van der Waals surface area contributed by atoms with Crippen molar-refractivity contribution < 1.29 is 14.3 Å². The van der Waals surface area contributed by atoms with E-state index in [9.17, 15) is 4.79 Å². The fourth-order valence-corrected chi connectivity index (χ4v) is 1.60. The maximum absolute atomic E-state index is 11.6. The Morgan fingerprint density at radius 2 is 1.93 bits per heavy atom. The lowest BCUT2D eigenvalue weighted by molar-refractivity contribution is -0.122. The Labute approximate surface area is 91.5 Å². The van der Waals surface area contributed by atoms with Gasteiger partial charge in [-0.1, -0.05) is 6.92 Å². The molecule has 1 aliphatic heterocycles. The Kier molecular flexibility index (Phi) is 3.28. The normalized spacial score (nSPS) is 19.7. The van der Waals surface area contributed by atoms with Gasteiger partial charge in [-0.25, -0.2) is 4.79 Å². The third kappa shape index (κ3) is 2.84. The summed E-state index contributed by atoms with van der Waals surface area (Å²) in [6.07, 6.45) is 0.673. The van der Waals surface area contributed by atoms with Crippen molar-refractivity contribution in [2.24, 2.45) is 0 Å². The molecule has 0 N–H and O–H groups in total. The molecule has 1 saturated heterocycles. The summed E-state index contributed by atoms with van der Waals surface area (Å²) < 4.78 is 10.6. The summed E-state index contributed by atoms with van der Waals surface area (Å²) in [6.45, 7) is 8.94. The molecule has 0 aromatic carbocycles. The van der Waals surface area contributed by atoms with E-state index in [0.717, 1.165) is 6.42 Å². The zero-order chi connectivity index (χ0) is 11.7. The molecule has 0 radical (unpaired) electrons. The summed E-state index contributed by atoms with van der Waals surface area (Å²) in [6, 6.07) is 0. The lowest BCUT2D eigenvalue weighted by Crippen LogP contribution is -2.64. The van der Waals surface area contributed by atoms with Gasteiger partial charge in [-0.15, -0.1) is 0 Å². The van der Waals surface area contributed by atoms with Crippen LogP contribution in [0.15, 0.2) is 0 Å². The summed E-state index contributed by atoms with van der Waals surface area (Å²) in [7, 11) is 1.69. The summed E-state index contributed by atoms with van der Waals surface area (Å²) in [5.74, 6) is 0. The van der Waals surface area contributed by atoms with Crippen molar-refractivity contribution in [2.45, 2.75) is 45.3 Å². The predicted octanol–water partition coefficient (Wildman–Crippen LogP) is 2.03. The minimum atomic E-state index is -0.422. The van der Waals surface area contributed by atoms with Crippen LogP contribution in [0.4, 0.5) is 4.79 Å². The number of rotatable bonds is 2. The van der Waals surface area contributed by atoms with Crippen molar-refractivity contribution in [1.29, 1.82) is 0 Å². The van der Waals surface area contributed by atoms with Gasteiger partial charge in [0.2, 0.25) is 0 Å². The molecule has 0 aliphatic carbocycles. The quantitative estimate of drug-likeness (QED) is 0.707. The molecule has 1 heterocycles. The minimum Gasteiger partial charge on any atom is -0.444 e. The number of hydrogen-bond donors (Lipinski definition) is 0. The van der Waals surface area contributed by atoms with Crippen LogP contribution in [0.3, 0.4) is 0 Å². The molecule has 1 rings (SSSR count). The van der Waals surface area contributed by atoms with E-state index in [0.29, 0.717) is 13.1 Å². The highest BCUT2D eigenvalue weighted by Gasteiger charge is 2.45. The number of carbonyl (C=O) groups is 1. The Morgan fingerprint density at radius 1 is 1.40 bits per heavy atom. The van der Waals surface area contributed by atoms with Crippen molar-refractivity contribution in [2.75, 3.05) is 20.2 Å². The van der Waals surface area contributed by atoms with Crippen LogP contribution in [-0.2, 0) is 9.47 Å². The number of likely N-dealkylation sites (tertiary alicyclic amines) is 1. The highest BCUT2D eigenvalue weighted by atomic mass is 16.6. The third-order valence-electron chi connectivity index (χ3n) is 2.69. The van der Waals surface area contributed by atoms with Crippen LogP contribution >= 0.6 is 0 Å². The van der Waals surface area contributed by atoms with Crippen molar-refractivity contribution in [3.63, 3.8) is 0 Å². The van der Waals surface area contributed by atoms with E-state index in [4.69, 9.17) is 9.47 Å². The molecular weight excluding hydrogens is 194 g/mol. The Hall–Kier alpha value is -0.770. The topological polar surface area (TPSA) is 38.8 Å². The molecule has 0 atom stereocenters. The van der Waals surface area contributed by atoms with Crippen molar-refractivity contribution in [1.82, 2.24) is 4.90 Å². The maximum Gasteiger partial charge on any atom is 0.410 e. The van der Waals surface area contributed by atoms with E-state index in [2.05, 4.69) is 6.92 Å². The van der Waals surface area contributed by atoms with Gasteiger partial charge in [-0.2, -0.15) is 0 Å². The first kappa shape index (κ1) is 12.3. The third-order valence-corrected chi connectivity index (χ3v) is 2.69. The van der Waals surface area contributed by atoms with Gasteiger partial charge in [0, 0.05) is 7.11 Å². The standard InChI is InChI=1S/C11H21NO3/c1-6-11(14-5)7-12(8-11)9(13)15-10(2,3)4/h6-8H2,1-5H3. The average molecular weight is 215 g/mol. The summed E-state index contributed by atoms with van der Waals surface area (Å²) in [5.41, 5.74) is -0.564. The average Bonchev–Trinajstić information content (AvgIpc) is 2.00. The van der Waals surface area contributed by atoms with E-state index >= 15 is 0 Å². The molecule has 15 heavy (non-hydrogen) atoms. The SMILES string of the molecule is CCC1(OC)CN(C(=O)OC(C)(C)C)C1. The van der Waals surface area contributed by atoms with Crippen LogP contribution in [0.1, 0.15) is 34.1 Å². The molecule has 1 aliphatic rings. The first-order chi connectivity index (χ1) is 6.82. The molecule has 0 saturated carbocycles. The van der Waals surface area contributed by atoms with E-state index in [1.807, 2.05) is 20.8 Å². The van der Waals surface area contributed by atoms with Crippen LogP contribution in [0.5, 0.6) is 0 Å². The van der Waals surface area contributed by atoms with Gasteiger partial charge in [0.05, 0.1) is 13.1 Å². The molecule has 0 spiro atoms. The van der Waals surface area contributed by atoms with Crippen molar-refractivity contribution in [3.8, 4) is 0 Å². The highest BCUT2D eigenvalue weighted by molar-refractivity contribution is 5.69. The number of hydrogen-bond acceptors (Lipinski definition) is 3. The first-order valence-electron chi connectivity index (χ1n) is 5.35. The van der Waals surface area contributed by atoms with Gasteiger partial charge in [-0.05, 0) is 27.2 Å². The van der Waals surface area contributed by atoms with Crippen LogP contribution in [-0.4, -0.2) is 42.4 Å². The smallest absolute Gasteiger partial charge is 0.410 e. The number of nitrogens with zero attached hydrogens (tertiary/aromatic N) is 1. The predicted molar refractivity (Wildman–Crippen MR) is 57.8 cm³/mol. The molecule has 88 valence electrons. The second kappa shape index (κ2) is 4.00. The van der Waals surface area contributed by atoms with Gasteiger partial charge in [-0.3, -0.25) is 0 Å². The van der Waals surface area contributed by atoms with Crippen LogP contribution in [0, 0.1) is 0 Å². The molecule has 0 bridgehead atoms. The Morgan fingerprint density at radius 3 is 2.27 bits per heavy atom. The van der Waals surface area contributed by atoms with Gasteiger partial charge in [0.25, 0.3) is 0 Å². The summed E-state index contributed by atoms with van der Waals surface area (Å²) >= 11 is 0. The molecule has 0 aromatic heterocycles. The number of methoxy groups -OCH3 is 1. The monoisotopic (exact) mass is 215 g/mol. The summed E-state index contributed by atoms with van der Waals surface area (Å²) in [4.78, 5) is 13.3. The van der Waals surface area contributed by atoms with Crippen LogP contribution < -0.4 is 0 Å². The Bertz CT molecular complexity index is 233. The summed E-state index contributed by atoms with van der Waals surface area (Å²) in [5, 5.41) is 0. The molecule has 1 amide bonds. The van der Waals surface area contributed by atoms with Gasteiger partial charge in [0.1, 0.15) is 11.2 Å². The van der Waals surface area contributed by atoms with Gasteiger partial charge >= 0.3 is 6.09 Å². The fourth-order valence-electron chi connectivity index (χ4n) is 1.60. The second-order valence-electron chi connectivity index (χ2n) is 5.08. The lowest BCUT2D eigenvalue weighted by Gasteiger charge is -2.48. The molecule has 1 fully saturated rings. The molecular formula is C11H21NO3. The van der Waals surface area contributed by atoms with Crippen molar-refractivity contribution >= 4 is 6.09 Å². The van der Waals surface area contributed by atoms with E-state index < -0.39 is 5.60 Å². The van der Waals surface area contributed by atoms with Crippen LogP contribution in [0.2, 0.25) is 0 Å². The van der Waals surface area contributed by atoms with E-state index in [1.54, 1.807) is 12.0 Å². The fraction of sp³-hybridized carbons (Fsp3) is 0.909. The molecule has 0 unspecified atom stereocenters. The minimum absolute atomic E-state index is 0.142. The molecule has 4 heteroatoms. The van der Waals surface area contributed by atoms with Gasteiger partial charge in [0.15, 0.2) is 0 Å². The zero-order valence-corrected chi connectivity index (χ0v) is 10.3. The molecule has 0 aromatic rings. The Balaban J connectivity index is 2.42. The number of ether oxygens (including phenoxy) is 2. The number of amides is 1. The molecule has 4 nitrogen and oxygen atoms in total. The highest BCUT2D eigenvalue weighted by Crippen LogP contribution is 2.29. The largest absolute Gasteiger partial charge is 0.444 e. The zero-order valence-electron chi connectivity index (χ0n) is 10.3. The van der Waals surface area contributed by atoms with Crippen LogP contribution in [0.25, 0.3) is 0 Å². The van der Waals surface area contributed by atoms with Crippen molar-refractivity contribution in [3.05, 3.63) is 0 Å². The van der Waals surface area contributed by atoms with E-state index in [1.165, 1.54) is 0 Å². The maximum atomic E-state index is 11.6.